The van der Waals surface area contributed by atoms with Gasteiger partial charge in [0.2, 0.25) is 29.7 Å². The van der Waals surface area contributed by atoms with Crippen LogP contribution in [0.5, 0.6) is 0 Å². The molecule has 0 aliphatic carbocycles. The van der Waals surface area contributed by atoms with Gasteiger partial charge in [-0.05, 0) is 0 Å². The zero-order valence-corrected chi connectivity index (χ0v) is 10.9. The van der Waals surface area contributed by atoms with Gasteiger partial charge in [0, 0.05) is 0 Å². The number of carbonyl (C=O) groups excluding carboxylic acids is 2. The third-order valence-corrected chi connectivity index (χ3v) is 1.99. The molecule has 3 rings (SSSR count). The molecule has 12 heteroatoms. The van der Waals surface area contributed by atoms with Crippen LogP contribution in [-0.4, -0.2) is 52.2 Å². The Balaban J connectivity index is 0.000000163. The van der Waals surface area contributed by atoms with Crippen molar-refractivity contribution in [2.45, 2.75) is 12.2 Å². The number of nitrogen functional groups attached to an aromatic ring is 3. The smallest absolute Gasteiger partial charge is 0.248 e. The number of aromatic nitrogens is 3. The van der Waals surface area contributed by atoms with Crippen molar-refractivity contribution in [1.82, 2.24) is 15.0 Å². The molecule has 0 saturated carbocycles. The predicted octanol–water partition coefficient (Wildman–Crippen LogP) is -3.64. The lowest BCUT2D eigenvalue weighted by Gasteiger charge is -1.93. The van der Waals surface area contributed by atoms with E-state index < -0.39 is 0 Å². The minimum Gasteiger partial charge on any atom is -0.368 e. The van der Waals surface area contributed by atoms with Crippen molar-refractivity contribution in [3.63, 3.8) is 0 Å². The molecule has 10 N–H and O–H groups in total. The monoisotopic (exact) mass is 300 g/mol. The van der Waals surface area contributed by atoms with Crippen molar-refractivity contribution in [2.75, 3.05) is 30.4 Å². The maximum atomic E-state index is 9.86. The van der Waals surface area contributed by atoms with Crippen molar-refractivity contribution in [3.8, 4) is 0 Å². The molecule has 0 spiro atoms. The predicted molar refractivity (Wildman–Crippen MR) is 70.9 cm³/mol. The van der Waals surface area contributed by atoms with Gasteiger partial charge in [-0.2, -0.15) is 15.0 Å². The summed E-state index contributed by atoms with van der Waals surface area (Å²) in [5.41, 5.74) is 24.9. The van der Waals surface area contributed by atoms with Gasteiger partial charge in [-0.25, -0.2) is 0 Å². The second-order valence-corrected chi connectivity index (χ2v) is 3.86. The van der Waals surface area contributed by atoms with Crippen LogP contribution in [0.25, 0.3) is 0 Å². The van der Waals surface area contributed by atoms with Crippen LogP contribution in [0, 0.1) is 0 Å². The first kappa shape index (κ1) is 16.3. The van der Waals surface area contributed by atoms with Gasteiger partial charge in [-0.15, -0.1) is 0 Å². The number of epoxide rings is 2. The van der Waals surface area contributed by atoms with Crippen LogP contribution in [-0.2, 0) is 19.1 Å². The highest BCUT2D eigenvalue weighted by atomic mass is 16.6. The van der Waals surface area contributed by atoms with E-state index in [1.807, 2.05) is 0 Å². The zero-order chi connectivity index (χ0) is 16.0. The summed E-state index contributed by atoms with van der Waals surface area (Å²) in [4.78, 5) is 30.2. The Hall–Kier alpha value is -2.73. The quantitative estimate of drug-likeness (QED) is 0.336. The van der Waals surface area contributed by atoms with Crippen LogP contribution < -0.4 is 28.7 Å². The third-order valence-electron chi connectivity index (χ3n) is 1.99. The van der Waals surface area contributed by atoms with E-state index in [2.05, 4.69) is 24.4 Å². The van der Waals surface area contributed by atoms with Crippen molar-refractivity contribution in [2.24, 2.45) is 11.5 Å². The van der Waals surface area contributed by atoms with Gasteiger partial charge in [-0.1, -0.05) is 0 Å². The molecular formula is C9H16N8O4. The van der Waals surface area contributed by atoms with Crippen LogP contribution in [0.4, 0.5) is 17.8 Å². The summed E-state index contributed by atoms with van der Waals surface area (Å²) >= 11 is 0. The average Bonchev–Trinajstić information content (AvgIpc) is 3.21. The Kier molecular flexibility index (Phi) is 5.57. The molecule has 12 nitrogen and oxygen atoms in total. The summed E-state index contributed by atoms with van der Waals surface area (Å²) in [5.74, 6) is -0.579. The van der Waals surface area contributed by atoms with E-state index in [0.717, 1.165) is 0 Å². The van der Waals surface area contributed by atoms with Crippen LogP contribution >= 0.6 is 0 Å². The van der Waals surface area contributed by atoms with Gasteiger partial charge >= 0.3 is 0 Å². The minimum absolute atomic E-state index is 0.0417. The molecule has 2 fully saturated rings. The van der Waals surface area contributed by atoms with Crippen LogP contribution in [0.15, 0.2) is 0 Å². The summed E-state index contributed by atoms with van der Waals surface area (Å²) in [6.07, 6.45) is -0.519. The lowest BCUT2D eigenvalue weighted by atomic mass is 10.5. The van der Waals surface area contributed by atoms with Crippen LogP contribution in [0.3, 0.4) is 0 Å². The van der Waals surface area contributed by atoms with E-state index in [4.69, 9.17) is 28.7 Å². The molecule has 2 aliphatic rings. The number of rotatable bonds is 2. The molecule has 3 heterocycles. The molecule has 2 atom stereocenters. The maximum absolute atomic E-state index is 9.86. The highest BCUT2D eigenvalue weighted by Gasteiger charge is 2.28. The molecular weight excluding hydrogens is 284 g/mol. The van der Waals surface area contributed by atoms with E-state index in [0.29, 0.717) is 13.2 Å². The first-order chi connectivity index (χ1) is 9.79. The third kappa shape index (κ3) is 7.44. The zero-order valence-electron chi connectivity index (χ0n) is 10.9. The number of nitrogens with zero attached hydrogens (tertiary/aromatic N) is 3. The van der Waals surface area contributed by atoms with Gasteiger partial charge in [0.25, 0.3) is 0 Å². The van der Waals surface area contributed by atoms with Gasteiger partial charge in [0.1, 0.15) is 0 Å². The molecule has 0 radical (unpaired) electrons. The molecule has 1 aromatic heterocycles. The molecule has 21 heavy (non-hydrogen) atoms. The van der Waals surface area contributed by atoms with E-state index in [1.54, 1.807) is 0 Å². The molecule has 2 amide bonds. The molecule has 116 valence electrons. The van der Waals surface area contributed by atoms with Gasteiger partial charge < -0.3 is 38.1 Å². The summed E-state index contributed by atoms with van der Waals surface area (Å²) in [6, 6.07) is 0. The minimum atomic E-state index is -0.352. The number of ether oxygens (including phenoxy) is 2. The Morgan fingerprint density at radius 3 is 1.14 bits per heavy atom. The SMILES string of the molecule is NC(=O)C1CO1.NC(=O)C1CO1.Nc1nc(N)nc(N)n1. The van der Waals surface area contributed by atoms with Crippen molar-refractivity contribution >= 4 is 29.7 Å². The second kappa shape index (κ2) is 7.16. The second-order valence-electron chi connectivity index (χ2n) is 3.86. The maximum Gasteiger partial charge on any atom is 0.248 e. The van der Waals surface area contributed by atoms with Gasteiger partial charge in [0.05, 0.1) is 13.2 Å². The Bertz CT molecular complexity index is 444. The first-order valence-electron chi connectivity index (χ1n) is 5.64. The molecule has 2 aliphatic heterocycles. The molecule has 2 unspecified atom stereocenters. The Morgan fingerprint density at radius 2 is 1.05 bits per heavy atom. The highest BCUT2D eigenvalue weighted by Crippen LogP contribution is 2.06. The molecule has 2 saturated heterocycles. The summed E-state index contributed by atoms with van der Waals surface area (Å²) in [7, 11) is 0. The lowest BCUT2D eigenvalue weighted by Crippen LogP contribution is -2.17. The number of nitrogens with two attached hydrogens (primary N) is 5. The molecule has 0 bridgehead atoms. The van der Waals surface area contributed by atoms with Crippen molar-refractivity contribution < 1.29 is 19.1 Å². The Labute approximate surface area is 119 Å². The number of amides is 2. The summed E-state index contributed by atoms with van der Waals surface area (Å²) in [5, 5.41) is 0. The fraction of sp³-hybridized carbons (Fsp3) is 0.444. The summed E-state index contributed by atoms with van der Waals surface area (Å²) in [6.45, 7) is 1.05. The Morgan fingerprint density at radius 1 is 0.810 bits per heavy atom. The number of hydrogen-bond acceptors (Lipinski definition) is 10. The van der Waals surface area contributed by atoms with Crippen molar-refractivity contribution in [3.05, 3.63) is 0 Å². The standard InChI is InChI=1S/C3H6N6.2C3H5NO2/c4-1-7-2(5)9-3(6)8-1;2*4-3(5)2-1-6-2/h(H6,4,5,6,7,8,9);2*2H,1H2,(H2,4,5). The van der Waals surface area contributed by atoms with E-state index in [1.165, 1.54) is 0 Å². The number of hydrogen-bond donors (Lipinski definition) is 5. The molecule has 0 aromatic carbocycles. The largest absolute Gasteiger partial charge is 0.368 e. The number of anilines is 3. The van der Waals surface area contributed by atoms with Crippen molar-refractivity contribution in [1.29, 1.82) is 0 Å². The van der Waals surface area contributed by atoms with E-state index in [-0.39, 0.29) is 41.9 Å². The topological polar surface area (TPSA) is 228 Å². The molecule has 1 aromatic rings. The number of carbonyl (C=O) groups is 2. The fourth-order valence-corrected chi connectivity index (χ4v) is 0.852. The highest BCUT2D eigenvalue weighted by molar-refractivity contribution is 5.81. The van der Waals surface area contributed by atoms with E-state index in [9.17, 15) is 9.59 Å². The van der Waals surface area contributed by atoms with E-state index >= 15 is 0 Å². The fourth-order valence-electron chi connectivity index (χ4n) is 0.852. The van der Waals surface area contributed by atoms with Gasteiger partial charge in [-0.3, -0.25) is 9.59 Å². The summed E-state index contributed by atoms with van der Waals surface area (Å²) < 4.78 is 8.99. The normalized spacial score (nSPS) is 21.0. The van der Waals surface area contributed by atoms with Gasteiger partial charge in [0.15, 0.2) is 12.2 Å². The lowest BCUT2D eigenvalue weighted by molar-refractivity contribution is -0.119. The average molecular weight is 300 g/mol. The first-order valence-corrected chi connectivity index (χ1v) is 5.64. The number of primary amides is 2. The van der Waals surface area contributed by atoms with Crippen LogP contribution in [0.1, 0.15) is 0 Å². The van der Waals surface area contributed by atoms with Crippen LogP contribution in [0.2, 0.25) is 0 Å².